The first-order valence-corrected chi connectivity index (χ1v) is 8.72. The molecule has 2 N–H and O–H groups in total. The minimum absolute atomic E-state index is 0.0702. The number of ether oxygens (including phenoxy) is 1. The Bertz CT molecular complexity index is 1010. The second-order valence-electron chi connectivity index (χ2n) is 6.39. The summed E-state index contributed by atoms with van der Waals surface area (Å²) in [5.41, 5.74) is 5.76. The van der Waals surface area contributed by atoms with Crippen LogP contribution >= 0.6 is 0 Å². The summed E-state index contributed by atoms with van der Waals surface area (Å²) in [5.74, 6) is -0.526. The van der Waals surface area contributed by atoms with Crippen molar-refractivity contribution in [3.8, 4) is 5.75 Å². The van der Waals surface area contributed by atoms with Crippen molar-refractivity contribution >= 4 is 22.9 Å². The summed E-state index contributed by atoms with van der Waals surface area (Å²) < 4.78 is 7.27. The van der Waals surface area contributed by atoms with E-state index in [1.165, 1.54) is 0 Å². The number of amides is 1. The summed E-state index contributed by atoms with van der Waals surface area (Å²) in [5, 5.41) is 15.9. The van der Waals surface area contributed by atoms with Crippen LogP contribution in [-0.4, -0.2) is 35.5 Å². The number of rotatable bonds is 6. The van der Waals surface area contributed by atoms with Crippen LogP contribution in [0.25, 0.3) is 10.8 Å². The Morgan fingerprint density at radius 2 is 1.93 bits per heavy atom. The van der Waals surface area contributed by atoms with E-state index in [1.807, 2.05) is 44.2 Å². The Balaban J connectivity index is 1.75. The van der Waals surface area contributed by atoms with Gasteiger partial charge in [0.15, 0.2) is 0 Å². The van der Waals surface area contributed by atoms with Gasteiger partial charge in [0.2, 0.25) is 0 Å². The fourth-order valence-corrected chi connectivity index (χ4v) is 3.12. The normalized spacial score (nSPS) is 11.4. The summed E-state index contributed by atoms with van der Waals surface area (Å²) in [7, 11) is 1.67. The van der Waals surface area contributed by atoms with Crippen LogP contribution in [-0.2, 0) is 11.3 Å². The highest BCUT2D eigenvalue weighted by Gasteiger charge is 2.12. The number of hydrogen-bond acceptors (Lipinski definition) is 4. The molecule has 0 bridgehead atoms. The third-order valence-electron chi connectivity index (χ3n) is 4.61. The predicted molar refractivity (Wildman–Crippen MR) is 106 cm³/mol. The number of nitrogens with one attached hydrogen (secondary N) is 1. The zero-order valence-electron chi connectivity index (χ0n) is 15.7. The second-order valence-corrected chi connectivity index (χ2v) is 6.39. The van der Waals surface area contributed by atoms with E-state index in [0.29, 0.717) is 6.61 Å². The molecule has 0 saturated carbocycles. The summed E-state index contributed by atoms with van der Waals surface area (Å²) in [6, 6.07) is 12.8. The molecule has 0 saturated heterocycles. The predicted octanol–water partition coefficient (Wildman–Crippen LogP) is 3.37. The molecule has 27 heavy (non-hydrogen) atoms. The summed E-state index contributed by atoms with van der Waals surface area (Å²) >= 11 is 0. The van der Waals surface area contributed by atoms with Crippen LogP contribution < -0.4 is 5.43 Å². The lowest BCUT2D eigenvalue weighted by atomic mass is 10.1. The highest BCUT2D eigenvalue weighted by Crippen LogP contribution is 2.24. The van der Waals surface area contributed by atoms with Gasteiger partial charge in [0.05, 0.1) is 18.4 Å². The number of fused-ring (bicyclic) bond motifs is 1. The number of hydrazone groups is 1. The Kier molecular flexibility index (Phi) is 5.57. The van der Waals surface area contributed by atoms with Crippen LogP contribution in [0.15, 0.2) is 47.6 Å². The molecule has 3 aromatic rings. The quantitative estimate of drug-likeness (QED) is 0.519. The summed E-state index contributed by atoms with van der Waals surface area (Å²) in [6.45, 7) is 5.41. The van der Waals surface area contributed by atoms with Crippen molar-refractivity contribution < 1.29 is 14.6 Å². The van der Waals surface area contributed by atoms with E-state index in [4.69, 9.17) is 4.74 Å². The maximum Gasteiger partial charge on any atom is 0.275 e. The molecule has 0 radical (unpaired) electrons. The van der Waals surface area contributed by atoms with Crippen LogP contribution in [0, 0.1) is 13.8 Å². The Morgan fingerprint density at radius 3 is 2.63 bits per heavy atom. The van der Waals surface area contributed by atoms with E-state index < -0.39 is 5.91 Å². The monoisotopic (exact) mass is 365 g/mol. The van der Waals surface area contributed by atoms with E-state index in [0.717, 1.165) is 34.3 Å². The molecule has 0 atom stereocenters. The van der Waals surface area contributed by atoms with Crippen LogP contribution in [0.1, 0.15) is 27.3 Å². The van der Waals surface area contributed by atoms with Crippen LogP contribution in [0.5, 0.6) is 5.75 Å². The van der Waals surface area contributed by atoms with Gasteiger partial charge >= 0.3 is 0 Å². The van der Waals surface area contributed by atoms with Gasteiger partial charge in [0.1, 0.15) is 5.75 Å². The molecule has 1 amide bonds. The molecular formula is C21H23N3O3. The Hall–Kier alpha value is -3.12. The highest BCUT2D eigenvalue weighted by molar-refractivity contribution is 6.01. The molecule has 0 spiro atoms. The number of aryl methyl sites for hydroxylation is 1. The fraction of sp³-hybridized carbons (Fsp3) is 0.238. The Morgan fingerprint density at radius 1 is 1.22 bits per heavy atom. The highest BCUT2D eigenvalue weighted by atomic mass is 16.5. The van der Waals surface area contributed by atoms with Gasteiger partial charge < -0.3 is 14.4 Å². The number of nitrogens with zero attached hydrogens (tertiary/aromatic N) is 2. The number of benzene rings is 2. The number of methoxy groups -OCH3 is 1. The third kappa shape index (κ3) is 4.01. The smallest absolute Gasteiger partial charge is 0.275 e. The van der Waals surface area contributed by atoms with Gasteiger partial charge in [0.25, 0.3) is 5.91 Å². The van der Waals surface area contributed by atoms with Crippen molar-refractivity contribution in [2.45, 2.75) is 20.4 Å². The zero-order valence-corrected chi connectivity index (χ0v) is 15.7. The summed E-state index contributed by atoms with van der Waals surface area (Å²) in [6.07, 6.45) is 1.61. The van der Waals surface area contributed by atoms with E-state index in [-0.39, 0.29) is 11.3 Å². The molecule has 3 rings (SSSR count). The van der Waals surface area contributed by atoms with Crippen molar-refractivity contribution in [2.75, 3.05) is 13.7 Å². The van der Waals surface area contributed by atoms with Gasteiger partial charge in [-0.3, -0.25) is 4.79 Å². The number of carbonyl (C=O) groups is 1. The van der Waals surface area contributed by atoms with Crippen molar-refractivity contribution in [1.29, 1.82) is 0 Å². The van der Waals surface area contributed by atoms with Crippen molar-refractivity contribution in [3.63, 3.8) is 0 Å². The molecule has 6 nitrogen and oxygen atoms in total. The van der Waals surface area contributed by atoms with E-state index in [2.05, 4.69) is 15.1 Å². The topological polar surface area (TPSA) is 75.8 Å². The fourth-order valence-electron chi connectivity index (χ4n) is 3.12. The average molecular weight is 365 g/mol. The van der Waals surface area contributed by atoms with Crippen molar-refractivity contribution in [2.24, 2.45) is 5.10 Å². The lowest BCUT2D eigenvalue weighted by Crippen LogP contribution is -2.17. The third-order valence-corrected chi connectivity index (χ3v) is 4.61. The minimum Gasteiger partial charge on any atom is -0.507 e. The number of aromatic hydroxyl groups is 1. The maximum atomic E-state index is 12.4. The first-order valence-electron chi connectivity index (χ1n) is 8.72. The van der Waals surface area contributed by atoms with E-state index in [9.17, 15) is 9.90 Å². The number of hydrogen-bond donors (Lipinski definition) is 2. The van der Waals surface area contributed by atoms with Crippen LogP contribution in [0.2, 0.25) is 0 Å². The number of carbonyl (C=O) groups excluding carboxylic acids is 1. The van der Waals surface area contributed by atoms with Crippen molar-refractivity contribution in [1.82, 2.24) is 9.99 Å². The molecular weight excluding hydrogens is 342 g/mol. The van der Waals surface area contributed by atoms with Gasteiger partial charge in [-0.25, -0.2) is 5.43 Å². The molecule has 0 aliphatic carbocycles. The molecule has 2 aromatic carbocycles. The van der Waals surface area contributed by atoms with Crippen molar-refractivity contribution in [3.05, 3.63) is 65.0 Å². The molecule has 0 aliphatic rings. The lowest BCUT2D eigenvalue weighted by Gasteiger charge is -2.08. The van der Waals surface area contributed by atoms with Gasteiger partial charge in [-0.15, -0.1) is 0 Å². The number of phenolic OH excluding ortho intramolecular Hbond substituents is 1. The largest absolute Gasteiger partial charge is 0.507 e. The lowest BCUT2D eigenvalue weighted by molar-refractivity contribution is 0.0952. The van der Waals surface area contributed by atoms with Gasteiger partial charge in [-0.2, -0.15) is 5.10 Å². The first kappa shape index (κ1) is 18.7. The van der Waals surface area contributed by atoms with Gasteiger partial charge in [-0.1, -0.05) is 24.3 Å². The molecule has 0 fully saturated rings. The number of phenols is 1. The molecule has 1 aromatic heterocycles. The van der Waals surface area contributed by atoms with Crippen LogP contribution in [0.3, 0.4) is 0 Å². The van der Waals surface area contributed by atoms with Gasteiger partial charge in [-0.05, 0) is 42.8 Å². The van der Waals surface area contributed by atoms with Crippen LogP contribution in [0.4, 0.5) is 0 Å². The zero-order chi connectivity index (χ0) is 19.4. The standard InChI is InChI=1S/C21H23N3O3/c1-14-10-18(15(2)24(14)8-9-27-3)13-22-23-21(26)19-11-16-6-4-5-7-17(16)12-20(19)25/h4-7,10-13,25H,8-9H2,1-3H3,(H,23,26)/b22-13-. The minimum atomic E-state index is -0.456. The van der Waals surface area contributed by atoms with Gasteiger partial charge in [0, 0.05) is 30.6 Å². The summed E-state index contributed by atoms with van der Waals surface area (Å²) in [4.78, 5) is 12.4. The maximum absolute atomic E-state index is 12.4. The Labute approximate surface area is 158 Å². The van der Waals surface area contributed by atoms with E-state index in [1.54, 1.807) is 25.5 Å². The number of aromatic nitrogens is 1. The molecule has 1 heterocycles. The first-order chi connectivity index (χ1) is 13.0. The molecule has 0 unspecified atom stereocenters. The SMILES string of the molecule is COCCn1c(C)cc(/C=N\NC(=O)c2cc3ccccc3cc2O)c1C. The second kappa shape index (κ2) is 8.05. The van der Waals surface area contributed by atoms with E-state index >= 15 is 0 Å². The average Bonchev–Trinajstić information content (AvgIpc) is 2.92. The molecule has 140 valence electrons. The molecule has 6 heteroatoms. The molecule has 0 aliphatic heterocycles.